The van der Waals surface area contributed by atoms with Crippen LogP contribution in [0.5, 0.6) is 11.5 Å². The molecule has 0 bridgehead atoms. The SMILES string of the molecule is CNC(=O)c1cc(CCc2cnc(Nc3ccc(N(CC(C)C)CC(C)C)c(OC)c3)nc2)c(F)c(OC)c1. The van der Waals surface area contributed by atoms with E-state index < -0.39 is 5.82 Å². The summed E-state index contributed by atoms with van der Waals surface area (Å²) in [6.07, 6.45) is 4.30. The lowest BCUT2D eigenvalue weighted by molar-refractivity contribution is 0.0962. The number of carbonyl (C=O) groups is 1. The molecule has 3 aromatic rings. The van der Waals surface area contributed by atoms with E-state index >= 15 is 0 Å². The van der Waals surface area contributed by atoms with Gasteiger partial charge in [0.1, 0.15) is 5.75 Å². The van der Waals surface area contributed by atoms with Gasteiger partial charge in [0.25, 0.3) is 5.91 Å². The summed E-state index contributed by atoms with van der Waals surface area (Å²) in [6, 6.07) is 8.97. The smallest absolute Gasteiger partial charge is 0.251 e. The molecule has 0 atom stereocenters. The fraction of sp³-hybridized carbons (Fsp3) is 0.433. The predicted octanol–water partition coefficient (Wildman–Crippen LogP) is 5.64. The third-order valence-corrected chi connectivity index (χ3v) is 6.16. The zero-order chi connectivity index (χ0) is 28.5. The molecule has 0 fully saturated rings. The minimum absolute atomic E-state index is 0.0416. The number of anilines is 3. The predicted molar refractivity (Wildman–Crippen MR) is 154 cm³/mol. The molecular formula is C30H40FN5O3. The lowest BCUT2D eigenvalue weighted by Crippen LogP contribution is -2.31. The number of nitrogens with zero attached hydrogens (tertiary/aromatic N) is 3. The number of nitrogens with one attached hydrogen (secondary N) is 2. The van der Waals surface area contributed by atoms with Crippen molar-refractivity contribution in [2.24, 2.45) is 11.8 Å². The Morgan fingerprint density at radius 1 is 0.949 bits per heavy atom. The molecule has 8 nitrogen and oxygen atoms in total. The summed E-state index contributed by atoms with van der Waals surface area (Å²) in [5.41, 5.74) is 3.46. The van der Waals surface area contributed by atoms with Gasteiger partial charge in [0, 0.05) is 49.8 Å². The number of hydrogen-bond donors (Lipinski definition) is 2. The number of amides is 1. The molecule has 0 unspecified atom stereocenters. The van der Waals surface area contributed by atoms with Gasteiger partial charge in [-0.1, -0.05) is 27.7 Å². The molecule has 1 aromatic heterocycles. The molecule has 3 rings (SSSR count). The number of benzene rings is 2. The van der Waals surface area contributed by atoms with Crippen molar-refractivity contribution in [1.29, 1.82) is 0 Å². The summed E-state index contributed by atoms with van der Waals surface area (Å²) >= 11 is 0. The Morgan fingerprint density at radius 3 is 2.15 bits per heavy atom. The fourth-order valence-electron chi connectivity index (χ4n) is 4.39. The van der Waals surface area contributed by atoms with Crippen LogP contribution in [0.1, 0.15) is 49.2 Å². The van der Waals surface area contributed by atoms with E-state index in [4.69, 9.17) is 9.47 Å². The van der Waals surface area contributed by atoms with Crippen LogP contribution in [-0.2, 0) is 12.8 Å². The van der Waals surface area contributed by atoms with Gasteiger partial charge in [-0.25, -0.2) is 14.4 Å². The minimum atomic E-state index is -0.470. The Labute approximate surface area is 231 Å². The quantitative estimate of drug-likeness (QED) is 0.292. The Morgan fingerprint density at radius 2 is 1.59 bits per heavy atom. The molecule has 0 aliphatic rings. The van der Waals surface area contributed by atoms with Crippen LogP contribution in [-0.4, -0.2) is 50.2 Å². The van der Waals surface area contributed by atoms with Crippen molar-refractivity contribution in [3.63, 3.8) is 0 Å². The van der Waals surface area contributed by atoms with E-state index in [0.717, 1.165) is 35.8 Å². The van der Waals surface area contributed by atoms with Gasteiger partial charge in [0.05, 0.1) is 19.9 Å². The van der Waals surface area contributed by atoms with E-state index in [-0.39, 0.29) is 11.7 Å². The van der Waals surface area contributed by atoms with E-state index in [2.05, 4.69) is 59.3 Å². The molecule has 2 aromatic carbocycles. The van der Waals surface area contributed by atoms with Crippen LogP contribution >= 0.6 is 0 Å². The van der Waals surface area contributed by atoms with Crippen molar-refractivity contribution in [3.05, 3.63) is 65.2 Å². The van der Waals surface area contributed by atoms with Crippen LogP contribution < -0.4 is 25.0 Å². The fourth-order valence-corrected chi connectivity index (χ4v) is 4.39. The van der Waals surface area contributed by atoms with Crippen LogP contribution in [0.2, 0.25) is 0 Å². The zero-order valence-corrected chi connectivity index (χ0v) is 24.0. The maximum Gasteiger partial charge on any atom is 0.251 e. The highest BCUT2D eigenvalue weighted by atomic mass is 19.1. The average Bonchev–Trinajstić information content (AvgIpc) is 2.91. The van der Waals surface area contributed by atoms with Crippen LogP contribution in [0, 0.1) is 17.7 Å². The number of halogens is 1. The molecule has 0 saturated carbocycles. The van der Waals surface area contributed by atoms with Gasteiger partial charge in [-0.15, -0.1) is 0 Å². The number of aryl methyl sites for hydroxylation is 2. The first kappa shape index (κ1) is 29.7. The maximum atomic E-state index is 14.8. The molecule has 39 heavy (non-hydrogen) atoms. The molecule has 0 aliphatic heterocycles. The number of aromatic nitrogens is 2. The standard InChI is InChI=1S/C30H40FN5O3/c1-19(2)17-36(18-20(3)4)25-11-10-24(14-26(25)38-6)35-30-33-15-21(16-34-30)8-9-22-12-23(29(37)32-5)13-27(39-7)28(22)31/h10-16,19-20H,8-9,17-18H2,1-7H3,(H,32,37)(H,33,34,35). The normalized spacial score (nSPS) is 11.0. The number of methoxy groups -OCH3 is 2. The van der Waals surface area contributed by atoms with Gasteiger partial charge < -0.3 is 25.0 Å². The van der Waals surface area contributed by atoms with Crippen molar-refractivity contribution in [2.45, 2.75) is 40.5 Å². The highest BCUT2D eigenvalue weighted by Gasteiger charge is 2.17. The first-order valence-corrected chi connectivity index (χ1v) is 13.2. The molecule has 0 saturated heterocycles. The molecule has 9 heteroatoms. The Hall–Kier alpha value is -3.88. The lowest BCUT2D eigenvalue weighted by atomic mass is 10.0. The van der Waals surface area contributed by atoms with Gasteiger partial charge in [0.2, 0.25) is 5.95 Å². The van der Waals surface area contributed by atoms with Crippen LogP contribution in [0.15, 0.2) is 42.7 Å². The van der Waals surface area contributed by atoms with Crippen molar-refractivity contribution < 1.29 is 18.7 Å². The third-order valence-electron chi connectivity index (χ3n) is 6.16. The van der Waals surface area contributed by atoms with Gasteiger partial charge in [0.15, 0.2) is 11.6 Å². The highest BCUT2D eigenvalue weighted by Crippen LogP contribution is 2.33. The molecule has 1 amide bonds. The number of hydrogen-bond acceptors (Lipinski definition) is 7. The molecule has 1 heterocycles. The van der Waals surface area contributed by atoms with E-state index in [0.29, 0.717) is 41.8 Å². The monoisotopic (exact) mass is 537 g/mol. The molecule has 0 spiro atoms. The lowest BCUT2D eigenvalue weighted by Gasteiger charge is -2.30. The summed E-state index contributed by atoms with van der Waals surface area (Å²) in [7, 11) is 4.59. The second kappa shape index (κ2) is 13.8. The summed E-state index contributed by atoms with van der Waals surface area (Å²) in [5.74, 6) is 1.55. The summed E-state index contributed by atoms with van der Waals surface area (Å²) < 4.78 is 25.6. The molecular weight excluding hydrogens is 497 g/mol. The molecule has 210 valence electrons. The minimum Gasteiger partial charge on any atom is -0.495 e. The highest BCUT2D eigenvalue weighted by molar-refractivity contribution is 5.94. The van der Waals surface area contributed by atoms with E-state index in [9.17, 15) is 9.18 Å². The van der Waals surface area contributed by atoms with E-state index in [1.807, 2.05) is 12.1 Å². The van der Waals surface area contributed by atoms with Crippen LogP contribution in [0.25, 0.3) is 0 Å². The first-order valence-electron chi connectivity index (χ1n) is 13.2. The van der Waals surface area contributed by atoms with Gasteiger partial charge >= 0.3 is 0 Å². The van der Waals surface area contributed by atoms with Gasteiger partial charge in [-0.3, -0.25) is 4.79 Å². The third kappa shape index (κ3) is 8.05. The van der Waals surface area contributed by atoms with Gasteiger partial charge in [-0.2, -0.15) is 0 Å². The summed E-state index contributed by atoms with van der Waals surface area (Å²) in [5, 5.41) is 5.79. The molecule has 0 aliphatic carbocycles. The van der Waals surface area contributed by atoms with Gasteiger partial charge in [-0.05, 0) is 60.1 Å². The Kier molecular flexibility index (Phi) is 10.5. The van der Waals surface area contributed by atoms with E-state index in [1.54, 1.807) is 25.6 Å². The Bertz CT molecular complexity index is 1240. The Balaban J connectivity index is 1.71. The van der Waals surface area contributed by atoms with Crippen molar-refractivity contribution in [3.8, 4) is 11.5 Å². The van der Waals surface area contributed by atoms with Crippen LogP contribution in [0.3, 0.4) is 0 Å². The largest absolute Gasteiger partial charge is 0.495 e. The second-order valence-electron chi connectivity index (χ2n) is 10.3. The van der Waals surface area contributed by atoms with Crippen molar-refractivity contribution >= 4 is 23.2 Å². The summed E-state index contributed by atoms with van der Waals surface area (Å²) in [6.45, 7) is 10.7. The first-order chi connectivity index (χ1) is 18.6. The molecule has 2 N–H and O–H groups in total. The number of rotatable bonds is 13. The maximum absolute atomic E-state index is 14.8. The topological polar surface area (TPSA) is 88.6 Å². The number of carbonyl (C=O) groups excluding carboxylic acids is 1. The summed E-state index contributed by atoms with van der Waals surface area (Å²) in [4.78, 5) is 23.3. The van der Waals surface area contributed by atoms with E-state index in [1.165, 1.54) is 20.2 Å². The average molecular weight is 538 g/mol. The second-order valence-corrected chi connectivity index (χ2v) is 10.3. The van der Waals surface area contributed by atoms with Crippen molar-refractivity contribution in [1.82, 2.24) is 15.3 Å². The number of ether oxygens (including phenoxy) is 2. The van der Waals surface area contributed by atoms with Crippen molar-refractivity contribution in [2.75, 3.05) is 44.6 Å². The molecule has 0 radical (unpaired) electrons. The van der Waals surface area contributed by atoms with Crippen LogP contribution in [0.4, 0.5) is 21.7 Å². The zero-order valence-electron chi connectivity index (χ0n) is 24.0.